The molecule has 0 saturated carbocycles. The Labute approximate surface area is 98.5 Å². The maximum Gasteiger partial charge on any atom is 0.365 e. The second-order valence-corrected chi connectivity index (χ2v) is 5.13. The standard InChI is InChI=1S/C10H6BrNO2S/c11-8-7(6-4-2-1-3-5-6)12-9(15-8)10(13)14/h1-5H,(H,13,14). The van der Waals surface area contributed by atoms with Gasteiger partial charge in [-0.3, -0.25) is 0 Å². The van der Waals surface area contributed by atoms with Gasteiger partial charge in [0.1, 0.15) is 0 Å². The molecule has 0 fully saturated rings. The van der Waals surface area contributed by atoms with Crippen LogP contribution in [0, 0.1) is 0 Å². The molecule has 0 bridgehead atoms. The Morgan fingerprint density at radius 3 is 2.53 bits per heavy atom. The lowest BCUT2D eigenvalue weighted by atomic mass is 10.2. The van der Waals surface area contributed by atoms with Crippen molar-refractivity contribution in [2.24, 2.45) is 0 Å². The van der Waals surface area contributed by atoms with Gasteiger partial charge >= 0.3 is 5.97 Å². The van der Waals surface area contributed by atoms with Gasteiger partial charge in [-0.05, 0) is 15.9 Å². The number of aromatic nitrogens is 1. The van der Waals surface area contributed by atoms with Gasteiger partial charge in [0.25, 0.3) is 0 Å². The van der Waals surface area contributed by atoms with Gasteiger partial charge in [0.15, 0.2) is 0 Å². The van der Waals surface area contributed by atoms with Crippen LogP contribution in [0.1, 0.15) is 9.80 Å². The minimum atomic E-state index is -0.997. The van der Waals surface area contributed by atoms with Crippen LogP contribution >= 0.6 is 27.3 Å². The Bertz CT molecular complexity index is 495. The van der Waals surface area contributed by atoms with Crippen LogP contribution in [0.15, 0.2) is 34.1 Å². The van der Waals surface area contributed by atoms with Crippen LogP contribution in [0.4, 0.5) is 0 Å². The van der Waals surface area contributed by atoms with Crippen molar-refractivity contribution in [3.63, 3.8) is 0 Å². The van der Waals surface area contributed by atoms with Crippen molar-refractivity contribution >= 4 is 33.2 Å². The first kappa shape index (κ1) is 10.3. The normalized spacial score (nSPS) is 10.2. The molecule has 1 aromatic carbocycles. The van der Waals surface area contributed by atoms with Gasteiger partial charge in [-0.25, -0.2) is 9.78 Å². The minimum Gasteiger partial charge on any atom is -0.476 e. The number of rotatable bonds is 2. The zero-order valence-corrected chi connectivity index (χ0v) is 9.88. The highest BCUT2D eigenvalue weighted by Gasteiger charge is 2.14. The Kier molecular flexibility index (Phi) is 2.83. The molecule has 1 heterocycles. The number of thiazole rings is 1. The number of hydrogen-bond donors (Lipinski definition) is 1. The quantitative estimate of drug-likeness (QED) is 0.920. The van der Waals surface area contributed by atoms with E-state index in [4.69, 9.17) is 5.11 Å². The van der Waals surface area contributed by atoms with E-state index in [0.717, 1.165) is 20.7 Å². The summed E-state index contributed by atoms with van der Waals surface area (Å²) in [5.74, 6) is -0.997. The summed E-state index contributed by atoms with van der Waals surface area (Å²) in [5.41, 5.74) is 1.59. The average Bonchev–Trinajstić information content (AvgIpc) is 2.62. The Balaban J connectivity index is 2.50. The predicted octanol–water partition coefficient (Wildman–Crippen LogP) is 3.27. The smallest absolute Gasteiger partial charge is 0.365 e. The molecule has 0 radical (unpaired) electrons. The second-order valence-electron chi connectivity index (χ2n) is 2.81. The number of benzene rings is 1. The minimum absolute atomic E-state index is 0.0979. The first-order valence-electron chi connectivity index (χ1n) is 4.13. The van der Waals surface area contributed by atoms with Crippen LogP contribution in [-0.2, 0) is 0 Å². The molecule has 3 nitrogen and oxygen atoms in total. The molecular weight excluding hydrogens is 278 g/mol. The lowest BCUT2D eigenvalue weighted by molar-refractivity contribution is 0.0696. The predicted molar refractivity (Wildman–Crippen MR) is 62.2 cm³/mol. The first-order valence-corrected chi connectivity index (χ1v) is 5.74. The summed E-state index contributed by atoms with van der Waals surface area (Å²) in [6, 6.07) is 9.47. The number of carboxylic acids is 1. The molecule has 1 aromatic heterocycles. The summed E-state index contributed by atoms with van der Waals surface area (Å²) in [4.78, 5) is 14.8. The molecular formula is C10H6BrNO2S. The van der Waals surface area contributed by atoms with E-state index in [1.807, 2.05) is 30.3 Å². The van der Waals surface area contributed by atoms with Crippen LogP contribution in [0.25, 0.3) is 11.3 Å². The van der Waals surface area contributed by atoms with Crippen molar-refractivity contribution in [1.82, 2.24) is 4.98 Å². The first-order chi connectivity index (χ1) is 7.18. The van der Waals surface area contributed by atoms with Crippen molar-refractivity contribution in [3.05, 3.63) is 39.1 Å². The van der Waals surface area contributed by atoms with E-state index in [2.05, 4.69) is 20.9 Å². The number of carboxylic acid groups (broad SMARTS) is 1. The fourth-order valence-corrected chi connectivity index (χ4v) is 2.60. The average molecular weight is 284 g/mol. The molecule has 2 aromatic rings. The molecule has 0 aliphatic heterocycles. The molecule has 0 atom stereocenters. The lowest BCUT2D eigenvalue weighted by Crippen LogP contribution is -1.94. The van der Waals surface area contributed by atoms with Gasteiger partial charge in [0.05, 0.1) is 9.48 Å². The topological polar surface area (TPSA) is 50.2 Å². The lowest BCUT2D eigenvalue weighted by Gasteiger charge is -1.95. The van der Waals surface area contributed by atoms with Gasteiger partial charge in [0, 0.05) is 5.56 Å². The third-order valence-electron chi connectivity index (χ3n) is 1.82. The number of halogens is 1. The maximum absolute atomic E-state index is 10.7. The highest BCUT2D eigenvalue weighted by atomic mass is 79.9. The van der Waals surface area contributed by atoms with Crippen molar-refractivity contribution in [1.29, 1.82) is 0 Å². The van der Waals surface area contributed by atoms with Crippen LogP contribution in [0.2, 0.25) is 0 Å². The molecule has 2 rings (SSSR count). The fourth-order valence-electron chi connectivity index (χ4n) is 1.17. The van der Waals surface area contributed by atoms with Crippen LogP contribution in [-0.4, -0.2) is 16.1 Å². The molecule has 0 spiro atoms. The highest BCUT2D eigenvalue weighted by Crippen LogP contribution is 2.32. The van der Waals surface area contributed by atoms with E-state index < -0.39 is 5.97 Å². The molecule has 5 heteroatoms. The number of aromatic carboxylic acids is 1. The van der Waals surface area contributed by atoms with E-state index >= 15 is 0 Å². The van der Waals surface area contributed by atoms with Gasteiger partial charge in [0.2, 0.25) is 5.01 Å². The third-order valence-corrected chi connectivity index (χ3v) is 3.51. The Morgan fingerprint density at radius 2 is 2.00 bits per heavy atom. The summed E-state index contributed by atoms with van der Waals surface area (Å²) in [6.07, 6.45) is 0. The van der Waals surface area contributed by atoms with Gasteiger partial charge in [-0.2, -0.15) is 0 Å². The van der Waals surface area contributed by atoms with Crippen LogP contribution < -0.4 is 0 Å². The van der Waals surface area contributed by atoms with Crippen LogP contribution in [0.3, 0.4) is 0 Å². The molecule has 0 aliphatic rings. The molecule has 76 valence electrons. The SMILES string of the molecule is O=C(O)c1nc(-c2ccccc2)c(Br)s1. The summed E-state index contributed by atoms with van der Waals surface area (Å²) >= 11 is 4.44. The van der Waals surface area contributed by atoms with Crippen LogP contribution in [0.5, 0.6) is 0 Å². The van der Waals surface area contributed by atoms with Gasteiger partial charge in [-0.1, -0.05) is 41.7 Å². The molecule has 15 heavy (non-hydrogen) atoms. The molecule has 0 aliphatic carbocycles. The molecule has 0 saturated heterocycles. The van der Waals surface area contributed by atoms with E-state index in [1.54, 1.807) is 0 Å². The van der Waals surface area contributed by atoms with Crippen molar-refractivity contribution in [2.75, 3.05) is 0 Å². The van der Waals surface area contributed by atoms with Gasteiger partial charge in [-0.15, -0.1) is 0 Å². The molecule has 0 amide bonds. The van der Waals surface area contributed by atoms with Crippen molar-refractivity contribution < 1.29 is 9.90 Å². The summed E-state index contributed by atoms with van der Waals surface area (Å²) in [5, 5.41) is 8.89. The number of nitrogens with zero attached hydrogens (tertiary/aromatic N) is 1. The summed E-state index contributed by atoms with van der Waals surface area (Å²) in [6.45, 7) is 0. The molecule has 1 N–H and O–H groups in total. The summed E-state index contributed by atoms with van der Waals surface area (Å²) < 4.78 is 0.742. The van der Waals surface area contributed by atoms with Crippen molar-refractivity contribution in [2.45, 2.75) is 0 Å². The van der Waals surface area contributed by atoms with E-state index in [1.165, 1.54) is 0 Å². The third kappa shape index (κ3) is 2.08. The van der Waals surface area contributed by atoms with Gasteiger partial charge < -0.3 is 5.11 Å². The number of carbonyl (C=O) groups is 1. The highest BCUT2D eigenvalue weighted by molar-refractivity contribution is 9.11. The summed E-state index contributed by atoms with van der Waals surface area (Å²) in [7, 11) is 0. The monoisotopic (exact) mass is 283 g/mol. The Hall–Kier alpha value is -1.20. The van der Waals surface area contributed by atoms with E-state index in [-0.39, 0.29) is 5.01 Å². The zero-order valence-electron chi connectivity index (χ0n) is 7.48. The van der Waals surface area contributed by atoms with E-state index in [0.29, 0.717) is 5.69 Å². The van der Waals surface area contributed by atoms with Crippen molar-refractivity contribution in [3.8, 4) is 11.3 Å². The number of hydrogen-bond acceptors (Lipinski definition) is 3. The zero-order chi connectivity index (χ0) is 10.8. The largest absolute Gasteiger partial charge is 0.476 e. The Morgan fingerprint density at radius 1 is 1.33 bits per heavy atom. The fraction of sp³-hybridized carbons (Fsp3) is 0. The molecule has 0 unspecified atom stereocenters. The maximum atomic E-state index is 10.7. The second kappa shape index (κ2) is 4.12. The van der Waals surface area contributed by atoms with E-state index in [9.17, 15) is 4.79 Å².